The van der Waals surface area contributed by atoms with Crippen molar-refractivity contribution in [2.24, 2.45) is 0 Å². The molecule has 2 aromatic rings. The van der Waals surface area contributed by atoms with Gasteiger partial charge in [0.1, 0.15) is 0 Å². The molecule has 0 unspecified atom stereocenters. The van der Waals surface area contributed by atoms with E-state index in [1.54, 1.807) is 0 Å². The summed E-state index contributed by atoms with van der Waals surface area (Å²) < 4.78 is 0. The van der Waals surface area contributed by atoms with Gasteiger partial charge in [0.15, 0.2) is 0 Å². The molecule has 0 atom stereocenters. The Morgan fingerprint density at radius 3 is 1.47 bits per heavy atom. The van der Waals surface area contributed by atoms with Crippen molar-refractivity contribution in [2.75, 3.05) is 0 Å². The first-order chi connectivity index (χ1) is 8.36. The van der Waals surface area contributed by atoms with E-state index in [9.17, 15) is 0 Å². The van der Waals surface area contributed by atoms with Crippen molar-refractivity contribution >= 4 is 0 Å². The van der Waals surface area contributed by atoms with Crippen molar-refractivity contribution in [1.29, 1.82) is 0 Å². The van der Waals surface area contributed by atoms with Crippen molar-refractivity contribution in [3.8, 4) is 11.1 Å². The van der Waals surface area contributed by atoms with Gasteiger partial charge in [-0.25, -0.2) is 0 Å². The molecule has 88 valence electrons. The predicted octanol–water partition coefficient (Wildman–Crippen LogP) is 4.87. The summed E-state index contributed by atoms with van der Waals surface area (Å²) in [4.78, 5) is 0. The molecule has 0 N–H and O–H groups in total. The Hall–Kier alpha value is -1.56. The van der Waals surface area contributed by atoms with Crippen molar-refractivity contribution in [2.45, 2.75) is 33.1 Å². The van der Waals surface area contributed by atoms with Gasteiger partial charge in [0.25, 0.3) is 0 Å². The zero-order valence-corrected chi connectivity index (χ0v) is 10.7. The summed E-state index contributed by atoms with van der Waals surface area (Å²) >= 11 is 0. The van der Waals surface area contributed by atoms with Crippen LogP contribution < -0.4 is 0 Å². The normalized spacial score (nSPS) is 11.9. The van der Waals surface area contributed by atoms with E-state index in [0.29, 0.717) is 0 Å². The van der Waals surface area contributed by atoms with Gasteiger partial charge in [-0.2, -0.15) is 0 Å². The molecular formula is C17H20. The molecule has 0 saturated heterocycles. The van der Waals surface area contributed by atoms with Crippen molar-refractivity contribution < 1.29 is 0 Å². The second-order valence-electron chi connectivity index (χ2n) is 4.52. The molecule has 0 radical (unpaired) electrons. The van der Waals surface area contributed by atoms with Gasteiger partial charge in [-0.1, -0.05) is 68.8 Å². The third kappa shape index (κ3) is 2.58. The monoisotopic (exact) mass is 224 g/mol. The molecule has 0 spiro atoms. The van der Waals surface area contributed by atoms with Crippen LogP contribution in [0.2, 0.25) is 0 Å². The van der Waals surface area contributed by atoms with E-state index in [0.717, 1.165) is 0 Å². The number of aryl methyl sites for hydroxylation is 2. The Labute approximate surface area is 104 Å². The smallest absolute Gasteiger partial charge is 0.0149 e. The van der Waals surface area contributed by atoms with Crippen LogP contribution in [0.15, 0.2) is 48.5 Å². The molecular weight excluding hydrogens is 204 g/mol. The van der Waals surface area contributed by atoms with Crippen LogP contribution in [0.4, 0.5) is 0 Å². The maximum Gasteiger partial charge on any atom is -0.0149 e. The summed E-state index contributed by atoms with van der Waals surface area (Å²) in [6, 6.07) is 17.5. The Bertz CT molecular complexity index is 437. The number of hydrogen-bond donors (Lipinski definition) is 0. The lowest BCUT2D eigenvalue weighted by Crippen LogP contribution is -2.02. The molecule has 0 heteroatoms. The van der Waals surface area contributed by atoms with E-state index in [-0.39, 0.29) is 0 Å². The maximum atomic E-state index is 2.24. The van der Waals surface area contributed by atoms with Gasteiger partial charge in [0.2, 0.25) is 0 Å². The zero-order valence-electron chi connectivity index (χ0n) is 10.7. The molecule has 17 heavy (non-hydrogen) atoms. The minimum atomic E-state index is 1.19. The second-order valence-corrected chi connectivity index (χ2v) is 4.52. The first kappa shape index (κ1) is 11.9. The lowest BCUT2D eigenvalue weighted by atomic mass is 9.86. The van der Waals surface area contributed by atoms with Gasteiger partial charge in [-0.3, -0.25) is 0 Å². The predicted molar refractivity (Wildman–Crippen MR) is 75.3 cm³/mol. The van der Waals surface area contributed by atoms with Crippen LogP contribution >= 0.6 is 0 Å². The van der Waals surface area contributed by atoms with Crippen LogP contribution in [0.1, 0.15) is 31.4 Å². The van der Waals surface area contributed by atoms with Gasteiger partial charge >= 0.3 is 0 Å². The fourth-order valence-corrected chi connectivity index (χ4v) is 2.27. The molecule has 0 fully saturated rings. The van der Waals surface area contributed by atoms with E-state index >= 15 is 0 Å². The largest absolute Gasteiger partial charge is 0.0656 e. The van der Waals surface area contributed by atoms with Crippen LogP contribution in [0, 0.1) is 0 Å². The summed E-state index contributed by atoms with van der Waals surface area (Å²) in [7, 11) is 0. The van der Waals surface area contributed by atoms with E-state index in [1.165, 1.54) is 41.5 Å². The quantitative estimate of drug-likeness (QED) is 0.599. The van der Waals surface area contributed by atoms with Crippen molar-refractivity contribution in [3.05, 3.63) is 59.7 Å². The first-order valence-corrected chi connectivity index (χ1v) is 6.53. The molecule has 1 aliphatic rings. The lowest BCUT2D eigenvalue weighted by Gasteiger charge is -2.19. The van der Waals surface area contributed by atoms with Crippen LogP contribution in [0.5, 0.6) is 0 Å². The second kappa shape index (κ2) is 5.67. The Morgan fingerprint density at radius 2 is 1.06 bits per heavy atom. The molecule has 1 aliphatic carbocycles. The average molecular weight is 224 g/mol. The third-order valence-electron chi connectivity index (χ3n) is 2.99. The minimum Gasteiger partial charge on any atom is -0.0656 e. The minimum absolute atomic E-state index is 1.19. The fourth-order valence-electron chi connectivity index (χ4n) is 2.27. The van der Waals surface area contributed by atoms with E-state index < -0.39 is 0 Å². The summed E-state index contributed by atoms with van der Waals surface area (Å²) in [5.41, 5.74) is 5.83. The van der Waals surface area contributed by atoms with E-state index in [2.05, 4.69) is 62.4 Å². The lowest BCUT2D eigenvalue weighted by molar-refractivity contribution is 0.942. The third-order valence-corrected chi connectivity index (χ3v) is 2.99. The van der Waals surface area contributed by atoms with Gasteiger partial charge in [0.05, 0.1) is 0 Å². The van der Waals surface area contributed by atoms with Gasteiger partial charge in [-0.15, -0.1) is 0 Å². The highest BCUT2D eigenvalue weighted by Crippen LogP contribution is 2.32. The van der Waals surface area contributed by atoms with Crippen LogP contribution in [-0.2, 0) is 12.8 Å². The number of benzene rings is 2. The molecule has 0 saturated carbocycles. The highest BCUT2D eigenvalue weighted by Gasteiger charge is 2.13. The molecule has 0 aliphatic heterocycles. The molecule has 2 aromatic carbocycles. The maximum absolute atomic E-state index is 2.24. The standard InChI is InChI=1S/C14H12.C3H8/c1-3-7-13-11(5-1)9-10-12-6-2-4-8-14(12)13;1-3-2/h1-8H,9-10H2;3H2,1-2H3. The molecule has 0 bridgehead atoms. The molecule has 0 amide bonds. The van der Waals surface area contributed by atoms with Crippen LogP contribution in [0.3, 0.4) is 0 Å². The molecule has 0 nitrogen and oxygen atoms in total. The molecule has 0 heterocycles. The van der Waals surface area contributed by atoms with Crippen LogP contribution in [-0.4, -0.2) is 0 Å². The summed E-state index contributed by atoms with van der Waals surface area (Å²) in [5.74, 6) is 0. The summed E-state index contributed by atoms with van der Waals surface area (Å²) in [6.07, 6.45) is 3.63. The summed E-state index contributed by atoms with van der Waals surface area (Å²) in [6.45, 7) is 4.25. The van der Waals surface area contributed by atoms with Gasteiger partial charge in [-0.05, 0) is 35.1 Å². The number of rotatable bonds is 0. The zero-order chi connectivity index (χ0) is 12.1. The Balaban J connectivity index is 0.000000329. The topological polar surface area (TPSA) is 0 Å². The molecule has 0 aromatic heterocycles. The number of hydrogen-bond acceptors (Lipinski definition) is 0. The Kier molecular flexibility index (Phi) is 3.98. The SMILES string of the molecule is CCC.c1ccc2c(c1)CCc1ccccc1-2. The van der Waals surface area contributed by atoms with E-state index in [1.807, 2.05) is 0 Å². The Morgan fingerprint density at radius 1 is 0.706 bits per heavy atom. The summed E-state index contributed by atoms with van der Waals surface area (Å²) in [5, 5.41) is 0. The van der Waals surface area contributed by atoms with E-state index in [4.69, 9.17) is 0 Å². The molecule has 3 rings (SSSR count). The van der Waals surface area contributed by atoms with Crippen molar-refractivity contribution in [3.63, 3.8) is 0 Å². The fraction of sp³-hybridized carbons (Fsp3) is 0.294. The highest BCUT2D eigenvalue weighted by atomic mass is 14.2. The van der Waals surface area contributed by atoms with Gasteiger partial charge < -0.3 is 0 Å². The first-order valence-electron chi connectivity index (χ1n) is 6.53. The number of fused-ring (bicyclic) bond motifs is 3. The van der Waals surface area contributed by atoms with Gasteiger partial charge in [0, 0.05) is 0 Å². The van der Waals surface area contributed by atoms with Crippen molar-refractivity contribution in [1.82, 2.24) is 0 Å². The average Bonchev–Trinajstić information content (AvgIpc) is 2.40. The van der Waals surface area contributed by atoms with Crippen LogP contribution in [0.25, 0.3) is 11.1 Å². The highest BCUT2D eigenvalue weighted by molar-refractivity contribution is 5.72.